The van der Waals surface area contributed by atoms with Gasteiger partial charge in [0.25, 0.3) is 0 Å². The Kier molecular flexibility index (Phi) is 5.85. The number of benzene rings is 1. The van der Waals surface area contributed by atoms with Gasteiger partial charge in [-0.25, -0.2) is 0 Å². The molecule has 1 saturated heterocycles. The summed E-state index contributed by atoms with van der Waals surface area (Å²) in [5.74, 6) is -0.0546. The zero-order valence-corrected chi connectivity index (χ0v) is 12.8. The fourth-order valence-electron chi connectivity index (χ4n) is 2.46. The predicted molar refractivity (Wildman–Crippen MR) is 85.4 cm³/mol. The topological polar surface area (TPSA) is 78.6 Å². The third-order valence-corrected chi connectivity index (χ3v) is 3.96. The highest BCUT2D eigenvalue weighted by atomic mass is 35.5. The first kappa shape index (κ1) is 16.1. The second-order valence-corrected chi connectivity index (χ2v) is 5.89. The van der Waals surface area contributed by atoms with Crippen LogP contribution in [0.15, 0.2) is 18.2 Å². The molecule has 2 rings (SSSR count). The molecule has 21 heavy (non-hydrogen) atoms. The zero-order chi connectivity index (χ0) is 15.2. The first-order chi connectivity index (χ1) is 10.0. The van der Waals surface area contributed by atoms with Gasteiger partial charge in [-0.2, -0.15) is 0 Å². The Hall–Kier alpha value is -1.30. The van der Waals surface area contributed by atoms with Crippen molar-refractivity contribution in [2.45, 2.75) is 31.8 Å². The Labute approximate surface area is 130 Å². The average molecular weight is 312 g/mol. The Balaban J connectivity index is 1.71. The minimum absolute atomic E-state index is 0.0546. The van der Waals surface area contributed by atoms with Crippen LogP contribution in [0.4, 0.5) is 11.4 Å². The molecule has 1 heterocycles. The number of nitrogen functional groups attached to an aromatic ring is 1. The summed E-state index contributed by atoms with van der Waals surface area (Å²) in [5.41, 5.74) is 6.87. The highest BCUT2D eigenvalue weighted by Crippen LogP contribution is 2.23. The van der Waals surface area contributed by atoms with Gasteiger partial charge < -0.3 is 21.1 Å². The number of piperidine rings is 1. The van der Waals surface area contributed by atoms with E-state index in [1.54, 1.807) is 18.2 Å². The summed E-state index contributed by atoms with van der Waals surface area (Å²) in [7, 11) is 0. The van der Waals surface area contributed by atoms with Crippen LogP contribution in [0, 0.1) is 0 Å². The number of nitrogens with zero attached hydrogens (tertiary/aromatic N) is 1. The van der Waals surface area contributed by atoms with Crippen molar-refractivity contribution in [2.24, 2.45) is 0 Å². The number of amides is 1. The number of hydrogen-bond donors (Lipinski definition) is 3. The van der Waals surface area contributed by atoms with Crippen molar-refractivity contribution in [1.29, 1.82) is 0 Å². The van der Waals surface area contributed by atoms with E-state index in [-0.39, 0.29) is 12.0 Å². The van der Waals surface area contributed by atoms with E-state index in [2.05, 4.69) is 10.2 Å². The fraction of sp³-hybridized carbons (Fsp3) is 0.533. The van der Waals surface area contributed by atoms with E-state index in [1.165, 1.54) is 0 Å². The average Bonchev–Trinajstić information content (AvgIpc) is 2.45. The Morgan fingerprint density at radius 2 is 2.14 bits per heavy atom. The monoisotopic (exact) mass is 311 g/mol. The molecule has 1 aromatic carbocycles. The molecule has 0 aliphatic carbocycles. The van der Waals surface area contributed by atoms with Crippen LogP contribution in [0.1, 0.15) is 25.7 Å². The van der Waals surface area contributed by atoms with Gasteiger partial charge in [-0.05, 0) is 44.0 Å². The van der Waals surface area contributed by atoms with Crippen LogP contribution >= 0.6 is 11.6 Å². The highest BCUT2D eigenvalue weighted by Gasteiger charge is 2.16. The molecule has 1 aromatic rings. The normalized spacial score (nSPS) is 16.9. The van der Waals surface area contributed by atoms with Gasteiger partial charge in [0.15, 0.2) is 0 Å². The Bertz CT molecular complexity index is 488. The molecule has 0 atom stereocenters. The van der Waals surface area contributed by atoms with Gasteiger partial charge >= 0.3 is 0 Å². The molecule has 1 aliphatic rings. The lowest BCUT2D eigenvalue weighted by atomic mass is 10.1. The van der Waals surface area contributed by atoms with E-state index >= 15 is 0 Å². The van der Waals surface area contributed by atoms with Crippen LogP contribution in [0.25, 0.3) is 0 Å². The molecule has 0 unspecified atom stereocenters. The number of aliphatic hydroxyl groups is 1. The van der Waals surface area contributed by atoms with Gasteiger partial charge in [-0.15, -0.1) is 0 Å². The van der Waals surface area contributed by atoms with Crippen LogP contribution < -0.4 is 11.1 Å². The number of anilines is 2. The molecule has 6 heteroatoms. The molecule has 1 fully saturated rings. The van der Waals surface area contributed by atoms with Crippen LogP contribution in [-0.4, -0.2) is 41.7 Å². The maximum absolute atomic E-state index is 11.9. The lowest BCUT2D eigenvalue weighted by molar-refractivity contribution is -0.116. The molecule has 0 bridgehead atoms. The highest BCUT2D eigenvalue weighted by molar-refractivity contribution is 6.31. The summed E-state index contributed by atoms with van der Waals surface area (Å²) in [6.45, 7) is 2.69. The number of hydrogen-bond acceptors (Lipinski definition) is 4. The van der Waals surface area contributed by atoms with Crippen molar-refractivity contribution in [3.63, 3.8) is 0 Å². The molecule has 1 amide bonds. The molecule has 1 aliphatic heterocycles. The van der Waals surface area contributed by atoms with Gasteiger partial charge in [0.2, 0.25) is 5.91 Å². The second-order valence-electron chi connectivity index (χ2n) is 5.46. The molecule has 5 nitrogen and oxygen atoms in total. The quantitative estimate of drug-likeness (QED) is 0.728. The van der Waals surface area contributed by atoms with Gasteiger partial charge in [0.05, 0.1) is 17.5 Å². The lowest BCUT2D eigenvalue weighted by Gasteiger charge is -2.29. The van der Waals surface area contributed by atoms with Crippen molar-refractivity contribution >= 4 is 28.9 Å². The number of nitrogens with two attached hydrogens (primary N) is 1. The summed E-state index contributed by atoms with van der Waals surface area (Å²) in [4.78, 5) is 14.2. The third-order valence-electron chi connectivity index (χ3n) is 3.72. The van der Waals surface area contributed by atoms with E-state index in [1.807, 2.05) is 0 Å². The van der Waals surface area contributed by atoms with Gasteiger partial charge in [0, 0.05) is 24.5 Å². The summed E-state index contributed by atoms with van der Waals surface area (Å²) in [5, 5.41) is 12.8. The van der Waals surface area contributed by atoms with Crippen molar-refractivity contribution in [3.8, 4) is 0 Å². The molecule has 4 N–H and O–H groups in total. The Morgan fingerprint density at radius 1 is 1.43 bits per heavy atom. The minimum atomic E-state index is -0.157. The molecular formula is C15H22ClN3O2. The van der Waals surface area contributed by atoms with Crippen molar-refractivity contribution in [2.75, 3.05) is 30.7 Å². The van der Waals surface area contributed by atoms with Gasteiger partial charge in [0.1, 0.15) is 0 Å². The van der Waals surface area contributed by atoms with Gasteiger partial charge in [-0.1, -0.05) is 11.6 Å². The number of carbonyl (C=O) groups excluding carboxylic acids is 1. The largest absolute Gasteiger partial charge is 0.397 e. The molecule has 0 spiro atoms. The van der Waals surface area contributed by atoms with Crippen LogP contribution in [0.5, 0.6) is 0 Å². The summed E-state index contributed by atoms with van der Waals surface area (Å²) in [6, 6.07) is 5.02. The number of aliphatic hydroxyl groups excluding tert-OH is 1. The smallest absolute Gasteiger partial charge is 0.224 e. The number of nitrogens with one attached hydrogen (secondary N) is 1. The maximum atomic E-state index is 11.9. The van der Waals surface area contributed by atoms with Crippen molar-refractivity contribution in [1.82, 2.24) is 4.90 Å². The first-order valence-electron chi connectivity index (χ1n) is 7.30. The lowest BCUT2D eigenvalue weighted by Crippen LogP contribution is -2.36. The first-order valence-corrected chi connectivity index (χ1v) is 7.67. The van der Waals surface area contributed by atoms with Crippen LogP contribution in [-0.2, 0) is 4.79 Å². The molecule has 0 radical (unpaired) electrons. The predicted octanol–water partition coefficient (Wildman–Crippen LogP) is 2.10. The minimum Gasteiger partial charge on any atom is -0.397 e. The van der Waals surface area contributed by atoms with E-state index in [0.29, 0.717) is 22.8 Å². The molecular weight excluding hydrogens is 290 g/mol. The number of likely N-dealkylation sites (tertiary alicyclic amines) is 1. The fourth-order valence-corrected chi connectivity index (χ4v) is 2.63. The van der Waals surface area contributed by atoms with Crippen molar-refractivity contribution < 1.29 is 9.90 Å². The SMILES string of the molecule is Nc1ccc(Cl)cc1NC(=O)CCCN1CCC(O)CC1. The van der Waals surface area contributed by atoms with Crippen LogP contribution in [0.3, 0.4) is 0 Å². The van der Waals surface area contributed by atoms with Crippen LogP contribution in [0.2, 0.25) is 5.02 Å². The zero-order valence-electron chi connectivity index (χ0n) is 12.0. The Morgan fingerprint density at radius 3 is 2.86 bits per heavy atom. The third kappa shape index (κ3) is 5.19. The maximum Gasteiger partial charge on any atom is 0.224 e. The van der Waals surface area contributed by atoms with E-state index in [4.69, 9.17) is 17.3 Å². The summed E-state index contributed by atoms with van der Waals surface area (Å²) >= 11 is 5.88. The van der Waals surface area contributed by atoms with E-state index < -0.39 is 0 Å². The van der Waals surface area contributed by atoms with E-state index in [0.717, 1.165) is 38.9 Å². The summed E-state index contributed by atoms with van der Waals surface area (Å²) < 4.78 is 0. The number of carbonyl (C=O) groups is 1. The molecule has 0 aromatic heterocycles. The van der Waals surface area contributed by atoms with E-state index in [9.17, 15) is 9.90 Å². The standard InChI is InChI=1S/C15H22ClN3O2/c16-11-3-4-13(17)14(10-11)18-15(21)2-1-7-19-8-5-12(20)6-9-19/h3-4,10,12,20H,1-2,5-9,17H2,(H,18,21). The van der Waals surface area contributed by atoms with Crippen molar-refractivity contribution in [3.05, 3.63) is 23.2 Å². The number of rotatable bonds is 5. The number of halogens is 1. The summed E-state index contributed by atoms with van der Waals surface area (Å²) in [6.07, 6.45) is 2.74. The van der Waals surface area contributed by atoms with Gasteiger partial charge in [-0.3, -0.25) is 4.79 Å². The second kappa shape index (κ2) is 7.64. The molecule has 116 valence electrons. The molecule has 0 saturated carbocycles.